The standard InChI is InChI=1S/C16H16ClN3OS/c1-20(11-12-2-4-14(17)5-3-12)8-6-15(21)19-16-13(10-18)7-9-22-16/h2-5,7,9H,6,8,11H2,1H3,(H,19,21). The molecule has 0 unspecified atom stereocenters. The number of nitrogens with one attached hydrogen (secondary N) is 1. The van der Waals surface area contributed by atoms with Crippen molar-refractivity contribution < 1.29 is 4.79 Å². The third-order valence-corrected chi connectivity index (χ3v) is 4.21. The molecule has 1 aromatic carbocycles. The highest BCUT2D eigenvalue weighted by atomic mass is 35.5. The van der Waals surface area contributed by atoms with Crippen LogP contribution in [0.15, 0.2) is 35.7 Å². The molecule has 2 aromatic rings. The van der Waals surface area contributed by atoms with Gasteiger partial charge >= 0.3 is 0 Å². The molecule has 1 amide bonds. The van der Waals surface area contributed by atoms with E-state index in [2.05, 4.69) is 16.3 Å². The summed E-state index contributed by atoms with van der Waals surface area (Å²) in [6.07, 6.45) is 0.382. The number of rotatable bonds is 6. The Morgan fingerprint density at radius 2 is 2.09 bits per heavy atom. The SMILES string of the molecule is CN(CCC(=O)Nc1sccc1C#N)Cc1ccc(Cl)cc1. The Morgan fingerprint density at radius 3 is 2.77 bits per heavy atom. The quantitative estimate of drug-likeness (QED) is 0.876. The molecular weight excluding hydrogens is 318 g/mol. The van der Waals surface area contributed by atoms with Crippen LogP contribution in [0.2, 0.25) is 5.02 Å². The van der Waals surface area contributed by atoms with E-state index < -0.39 is 0 Å². The highest BCUT2D eigenvalue weighted by Crippen LogP contribution is 2.22. The molecule has 22 heavy (non-hydrogen) atoms. The van der Waals surface area contributed by atoms with Crippen molar-refractivity contribution in [2.75, 3.05) is 18.9 Å². The maximum atomic E-state index is 11.9. The average Bonchev–Trinajstić information content (AvgIpc) is 2.95. The first kappa shape index (κ1) is 16.5. The zero-order chi connectivity index (χ0) is 15.9. The summed E-state index contributed by atoms with van der Waals surface area (Å²) in [5.74, 6) is -0.0816. The lowest BCUT2D eigenvalue weighted by molar-refractivity contribution is -0.116. The monoisotopic (exact) mass is 333 g/mol. The number of carbonyl (C=O) groups excluding carboxylic acids is 1. The van der Waals surface area contributed by atoms with Crippen molar-refractivity contribution in [3.8, 4) is 6.07 Å². The summed E-state index contributed by atoms with van der Waals surface area (Å²) in [6, 6.07) is 11.4. The number of hydrogen-bond donors (Lipinski definition) is 1. The molecule has 0 aliphatic rings. The lowest BCUT2D eigenvalue weighted by Crippen LogP contribution is -2.24. The van der Waals surface area contributed by atoms with E-state index in [4.69, 9.17) is 16.9 Å². The van der Waals surface area contributed by atoms with Gasteiger partial charge in [-0.1, -0.05) is 23.7 Å². The second-order valence-corrected chi connectivity index (χ2v) is 6.29. The Labute approximate surface area is 138 Å². The van der Waals surface area contributed by atoms with E-state index in [0.29, 0.717) is 23.5 Å². The van der Waals surface area contributed by atoms with Gasteiger partial charge in [-0.15, -0.1) is 11.3 Å². The molecule has 0 fully saturated rings. The molecule has 0 aliphatic heterocycles. The number of anilines is 1. The Bertz CT molecular complexity index is 675. The molecule has 0 bridgehead atoms. The van der Waals surface area contributed by atoms with Crippen molar-refractivity contribution in [3.05, 3.63) is 51.9 Å². The minimum absolute atomic E-state index is 0.0816. The van der Waals surface area contributed by atoms with Gasteiger partial charge in [-0.25, -0.2) is 0 Å². The predicted octanol–water partition coefficient (Wildman–Crippen LogP) is 3.73. The average molecular weight is 334 g/mol. The minimum Gasteiger partial charge on any atom is -0.317 e. The summed E-state index contributed by atoms with van der Waals surface area (Å²) < 4.78 is 0. The van der Waals surface area contributed by atoms with Gasteiger partial charge in [-0.05, 0) is 36.2 Å². The first-order valence-electron chi connectivity index (χ1n) is 6.79. The van der Waals surface area contributed by atoms with Gasteiger partial charge < -0.3 is 10.2 Å². The normalized spacial score (nSPS) is 10.5. The smallest absolute Gasteiger partial charge is 0.226 e. The summed E-state index contributed by atoms with van der Waals surface area (Å²) >= 11 is 7.21. The first-order chi connectivity index (χ1) is 10.6. The fourth-order valence-electron chi connectivity index (χ4n) is 1.96. The summed E-state index contributed by atoms with van der Waals surface area (Å²) in [5.41, 5.74) is 1.66. The Morgan fingerprint density at radius 1 is 1.36 bits per heavy atom. The fourth-order valence-corrected chi connectivity index (χ4v) is 2.84. The van der Waals surface area contributed by atoms with E-state index in [1.807, 2.05) is 31.3 Å². The molecule has 1 heterocycles. The number of nitrogens with zero attached hydrogens (tertiary/aromatic N) is 2. The molecule has 1 aromatic heterocycles. The number of halogens is 1. The molecule has 0 spiro atoms. The topological polar surface area (TPSA) is 56.1 Å². The van der Waals surface area contributed by atoms with Gasteiger partial charge in [0.1, 0.15) is 11.1 Å². The van der Waals surface area contributed by atoms with E-state index in [9.17, 15) is 4.79 Å². The van der Waals surface area contributed by atoms with E-state index in [-0.39, 0.29) is 5.91 Å². The van der Waals surface area contributed by atoms with Gasteiger partial charge in [0.05, 0.1) is 5.56 Å². The second kappa shape index (κ2) is 7.95. The Hall–Kier alpha value is -1.87. The first-order valence-corrected chi connectivity index (χ1v) is 8.04. The van der Waals surface area contributed by atoms with Gasteiger partial charge in [-0.2, -0.15) is 5.26 Å². The number of benzene rings is 1. The molecule has 0 saturated carbocycles. The van der Waals surface area contributed by atoms with Crippen LogP contribution in [-0.4, -0.2) is 24.4 Å². The van der Waals surface area contributed by atoms with Gasteiger partial charge in [0, 0.05) is 24.5 Å². The van der Waals surface area contributed by atoms with Crippen molar-refractivity contribution in [1.29, 1.82) is 5.26 Å². The molecule has 0 radical (unpaired) electrons. The maximum absolute atomic E-state index is 11.9. The lowest BCUT2D eigenvalue weighted by Gasteiger charge is -2.16. The maximum Gasteiger partial charge on any atom is 0.226 e. The predicted molar refractivity (Wildman–Crippen MR) is 90.1 cm³/mol. The van der Waals surface area contributed by atoms with Crippen LogP contribution in [0.5, 0.6) is 0 Å². The second-order valence-electron chi connectivity index (χ2n) is 4.94. The zero-order valence-corrected chi connectivity index (χ0v) is 13.7. The van der Waals surface area contributed by atoms with Crippen molar-refractivity contribution in [3.63, 3.8) is 0 Å². The molecule has 4 nitrogen and oxygen atoms in total. The highest BCUT2D eigenvalue weighted by molar-refractivity contribution is 7.14. The van der Waals surface area contributed by atoms with Crippen LogP contribution >= 0.6 is 22.9 Å². The Balaban J connectivity index is 1.78. The van der Waals surface area contributed by atoms with Crippen LogP contribution in [0.1, 0.15) is 17.5 Å². The van der Waals surface area contributed by atoms with Crippen LogP contribution in [0, 0.1) is 11.3 Å². The van der Waals surface area contributed by atoms with Crippen molar-refractivity contribution in [1.82, 2.24) is 4.90 Å². The summed E-state index contributed by atoms with van der Waals surface area (Å²) in [6.45, 7) is 1.40. The fraction of sp³-hybridized carbons (Fsp3) is 0.250. The largest absolute Gasteiger partial charge is 0.317 e. The molecule has 0 saturated heterocycles. The molecule has 2 rings (SSSR count). The van der Waals surface area contributed by atoms with Gasteiger partial charge in [-0.3, -0.25) is 4.79 Å². The van der Waals surface area contributed by atoms with E-state index in [1.165, 1.54) is 11.3 Å². The van der Waals surface area contributed by atoms with E-state index in [1.54, 1.807) is 11.4 Å². The number of nitriles is 1. The third kappa shape index (κ3) is 4.85. The molecule has 6 heteroatoms. The van der Waals surface area contributed by atoms with Crippen LogP contribution in [0.25, 0.3) is 0 Å². The van der Waals surface area contributed by atoms with Gasteiger partial charge in [0.2, 0.25) is 5.91 Å². The summed E-state index contributed by atoms with van der Waals surface area (Å²) in [7, 11) is 1.97. The molecule has 0 aliphatic carbocycles. The van der Waals surface area contributed by atoms with Gasteiger partial charge in [0.25, 0.3) is 0 Å². The van der Waals surface area contributed by atoms with Crippen LogP contribution in [0.4, 0.5) is 5.00 Å². The number of carbonyl (C=O) groups is 1. The van der Waals surface area contributed by atoms with Crippen LogP contribution in [0.3, 0.4) is 0 Å². The highest BCUT2D eigenvalue weighted by Gasteiger charge is 2.09. The van der Waals surface area contributed by atoms with Gasteiger partial charge in [0.15, 0.2) is 0 Å². The minimum atomic E-state index is -0.0816. The van der Waals surface area contributed by atoms with Crippen LogP contribution in [-0.2, 0) is 11.3 Å². The summed E-state index contributed by atoms with van der Waals surface area (Å²) in [5, 5.41) is 14.8. The van der Waals surface area contributed by atoms with E-state index >= 15 is 0 Å². The molecular formula is C16H16ClN3OS. The molecule has 0 atom stereocenters. The van der Waals surface area contributed by atoms with E-state index in [0.717, 1.165) is 17.1 Å². The van der Waals surface area contributed by atoms with Crippen molar-refractivity contribution >= 4 is 33.8 Å². The van der Waals surface area contributed by atoms with Crippen LogP contribution < -0.4 is 5.32 Å². The number of thiophene rings is 1. The zero-order valence-electron chi connectivity index (χ0n) is 12.2. The Kier molecular flexibility index (Phi) is 5.96. The number of amides is 1. The molecule has 114 valence electrons. The number of hydrogen-bond acceptors (Lipinski definition) is 4. The lowest BCUT2D eigenvalue weighted by atomic mass is 10.2. The van der Waals surface area contributed by atoms with Crippen molar-refractivity contribution in [2.45, 2.75) is 13.0 Å². The summed E-state index contributed by atoms with van der Waals surface area (Å²) in [4.78, 5) is 14.0. The van der Waals surface area contributed by atoms with Crippen molar-refractivity contribution in [2.24, 2.45) is 0 Å². The third-order valence-electron chi connectivity index (χ3n) is 3.12. The molecule has 1 N–H and O–H groups in total.